The monoisotopic (exact) mass is 330 g/mol. The van der Waals surface area contributed by atoms with Crippen molar-refractivity contribution in [2.75, 3.05) is 0 Å². The first-order valence-corrected chi connectivity index (χ1v) is 8.65. The second-order valence-electron chi connectivity index (χ2n) is 7.19. The number of hydrogen-bond acceptors (Lipinski definition) is 6. The number of carbonyl (C=O) groups is 1. The van der Waals surface area contributed by atoms with Crippen molar-refractivity contribution in [3.8, 4) is 0 Å². The summed E-state index contributed by atoms with van der Waals surface area (Å²) in [6, 6.07) is 0. The summed E-state index contributed by atoms with van der Waals surface area (Å²) < 4.78 is 16.5. The first kappa shape index (κ1) is 18.6. The summed E-state index contributed by atoms with van der Waals surface area (Å²) in [6.07, 6.45) is 0.248. The van der Waals surface area contributed by atoms with E-state index in [9.17, 15) is 15.0 Å². The van der Waals surface area contributed by atoms with Gasteiger partial charge in [0.05, 0.1) is 30.3 Å². The largest absolute Gasteiger partial charge is 0.463 e. The van der Waals surface area contributed by atoms with Crippen LogP contribution in [0.3, 0.4) is 0 Å². The lowest BCUT2D eigenvalue weighted by Gasteiger charge is -2.36. The Morgan fingerprint density at radius 2 is 1.91 bits per heavy atom. The second kappa shape index (κ2) is 7.92. The van der Waals surface area contributed by atoms with E-state index in [1.165, 1.54) is 0 Å². The summed E-state index contributed by atoms with van der Waals surface area (Å²) >= 11 is 0. The second-order valence-corrected chi connectivity index (χ2v) is 7.19. The Bertz CT molecular complexity index is 399. The maximum atomic E-state index is 11.8. The molecule has 2 N–H and O–H groups in total. The van der Waals surface area contributed by atoms with Crippen LogP contribution in [-0.4, -0.2) is 53.0 Å². The number of rotatable bonds is 7. The molecule has 0 aromatic heterocycles. The highest BCUT2D eigenvalue weighted by atomic mass is 16.7. The van der Waals surface area contributed by atoms with Crippen molar-refractivity contribution in [3.05, 3.63) is 0 Å². The smallest absolute Gasteiger partial charge is 0.309 e. The van der Waals surface area contributed by atoms with E-state index in [4.69, 9.17) is 14.2 Å². The van der Waals surface area contributed by atoms with E-state index in [-0.39, 0.29) is 36.6 Å². The molecule has 23 heavy (non-hydrogen) atoms. The van der Waals surface area contributed by atoms with Gasteiger partial charge < -0.3 is 24.4 Å². The van der Waals surface area contributed by atoms with Crippen LogP contribution in [0.2, 0.25) is 0 Å². The van der Waals surface area contributed by atoms with E-state index in [1.54, 1.807) is 6.92 Å². The lowest BCUT2D eigenvalue weighted by atomic mass is 10.0. The van der Waals surface area contributed by atoms with Gasteiger partial charge in [-0.1, -0.05) is 0 Å². The molecule has 6 nitrogen and oxygen atoms in total. The van der Waals surface area contributed by atoms with Crippen LogP contribution >= 0.6 is 0 Å². The van der Waals surface area contributed by atoms with Crippen LogP contribution in [0, 0.1) is 11.8 Å². The molecule has 134 valence electrons. The summed E-state index contributed by atoms with van der Waals surface area (Å²) in [5.41, 5.74) is 0. The fraction of sp³-hybridized carbons (Fsp3) is 0.941. The minimum Gasteiger partial charge on any atom is -0.463 e. The van der Waals surface area contributed by atoms with E-state index in [0.29, 0.717) is 5.92 Å². The Morgan fingerprint density at radius 1 is 1.22 bits per heavy atom. The van der Waals surface area contributed by atoms with Gasteiger partial charge in [-0.15, -0.1) is 0 Å². The Hall–Kier alpha value is -0.690. The van der Waals surface area contributed by atoms with Crippen molar-refractivity contribution in [1.82, 2.24) is 0 Å². The molecule has 6 heteroatoms. The molecule has 1 aliphatic carbocycles. The van der Waals surface area contributed by atoms with Gasteiger partial charge in [-0.05, 0) is 52.9 Å². The van der Waals surface area contributed by atoms with E-state index >= 15 is 0 Å². The molecule has 7 atom stereocenters. The van der Waals surface area contributed by atoms with Crippen LogP contribution in [0.1, 0.15) is 53.4 Å². The number of hydrogen-bond donors (Lipinski definition) is 2. The fourth-order valence-corrected chi connectivity index (χ4v) is 2.99. The molecule has 0 radical (unpaired) electrons. The fourth-order valence-electron chi connectivity index (χ4n) is 2.99. The molecular weight excluding hydrogens is 300 g/mol. The zero-order chi connectivity index (χ0) is 17.1. The van der Waals surface area contributed by atoms with E-state index in [0.717, 1.165) is 19.3 Å². The molecule has 2 rings (SSSR count). The zero-order valence-electron chi connectivity index (χ0n) is 14.5. The molecule has 2 fully saturated rings. The van der Waals surface area contributed by atoms with Crippen molar-refractivity contribution in [2.45, 2.75) is 90.2 Å². The Labute approximate surface area is 138 Å². The number of aliphatic hydroxyl groups excluding tert-OH is 2. The van der Waals surface area contributed by atoms with Crippen LogP contribution < -0.4 is 0 Å². The predicted molar refractivity (Wildman–Crippen MR) is 83.6 cm³/mol. The molecule has 0 aromatic carbocycles. The molecule has 1 saturated heterocycles. The maximum Gasteiger partial charge on any atom is 0.309 e. The van der Waals surface area contributed by atoms with E-state index in [1.807, 2.05) is 20.8 Å². The Morgan fingerprint density at radius 3 is 2.57 bits per heavy atom. The predicted octanol–water partition coefficient (Wildman–Crippen LogP) is 1.62. The topological polar surface area (TPSA) is 85.2 Å². The zero-order valence-corrected chi connectivity index (χ0v) is 14.5. The summed E-state index contributed by atoms with van der Waals surface area (Å²) in [6.45, 7) is 7.43. The maximum absolute atomic E-state index is 11.8. The third kappa shape index (κ3) is 5.41. The van der Waals surface area contributed by atoms with Gasteiger partial charge in [0.15, 0.2) is 6.29 Å². The Kier molecular flexibility index (Phi) is 6.42. The molecule has 0 spiro atoms. The first-order chi connectivity index (χ1) is 10.8. The summed E-state index contributed by atoms with van der Waals surface area (Å²) in [5, 5.41) is 19.6. The Balaban J connectivity index is 1.66. The normalized spacial score (nSPS) is 38.4. The van der Waals surface area contributed by atoms with Crippen molar-refractivity contribution in [1.29, 1.82) is 0 Å². The quantitative estimate of drug-likeness (QED) is 0.690. The van der Waals surface area contributed by atoms with Crippen LogP contribution in [0.5, 0.6) is 0 Å². The summed E-state index contributed by atoms with van der Waals surface area (Å²) in [7, 11) is 0. The molecule has 1 aliphatic heterocycles. The van der Waals surface area contributed by atoms with Crippen LogP contribution in [0.4, 0.5) is 0 Å². The summed E-state index contributed by atoms with van der Waals surface area (Å²) in [4.78, 5) is 11.8. The highest BCUT2D eigenvalue weighted by Gasteiger charge is 2.44. The van der Waals surface area contributed by atoms with Gasteiger partial charge in [0.1, 0.15) is 6.10 Å². The molecule has 2 aliphatic rings. The van der Waals surface area contributed by atoms with E-state index in [2.05, 4.69) is 0 Å². The van der Waals surface area contributed by atoms with Gasteiger partial charge in [-0.25, -0.2) is 0 Å². The first-order valence-electron chi connectivity index (χ1n) is 8.65. The van der Waals surface area contributed by atoms with Gasteiger partial charge in [0.25, 0.3) is 0 Å². The number of carbonyl (C=O) groups excluding carboxylic acids is 1. The third-order valence-electron chi connectivity index (χ3n) is 4.58. The highest BCUT2D eigenvalue weighted by Crippen LogP contribution is 2.43. The average Bonchev–Trinajstić information content (AvgIpc) is 3.21. The van der Waals surface area contributed by atoms with Crippen molar-refractivity contribution < 1.29 is 29.2 Å². The molecule has 2 unspecified atom stereocenters. The lowest BCUT2D eigenvalue weighted by molar-refractivity contribution is -0.273. The third-order valence-corrected chi connectivity index (χ3v) is 4.58. The summed E-state index contributed by atoms with van der Waals surface area (Å²) in [5.74, 6) is 0.328. The molecular formula is C17H30O6. The minimum atomic E-state index is -0.807. The molecule has 0 amide bonds. The van der Waals surface area contributed by atoms with Crippen LogP contribution in [0.25, 0.3) is 0 Å². The van der Waals surface area contributed by atoms with Crippen LogP contribution in [-0.2, 0) is 19.0 Å². The van der Waals surface area contributed by atoms with Crippen molar-refractivity contribution >= 4 is 5.97 Å². The molecule has 0 bridgehead atoms. The standard InChI is InChI=1S/C17H30O6/c1-9(2)21-16(20)13-7-12(13)6-5-10(3)22-17-15(19)8-14(18)11(4)23-17/h9-15,17-19H,5-8H2,1-4H3/t10-,11+,12+,13+,14?,15-,17?/m1/s1. The SMILES string of the molecule is CC(C)OC(=O)[C@H]1C[C@@H]1CC[C@@H](C)OC1O[C@@H](C)C(O)C[C@H]1O. The average molecular weight is 330 g/mol. The van der Waals surface area contributed by atoms with Gasteiger partial charge in [0, 0.05) is 6.42 Å². The molecule has 1 saturated carbocycles. The van der Waals surface area contributed by atoms with Gasteiger partial charge in [0.2, 0.25) is 0 Å². The highest BCUT2D eigenvalue weighted by molar-refractivity contribution is 5.75. The van der Waals surface area contributed by atoms with Gasteiger partial charge in [-0.3, -0.25) is 4.79 Å². The van der Waals surface area contributed by atoms with E-state index < -0.39 is 18.5 Å². The number of ether oxygens (including phenoxy) is 3. The lowest BCUT2D eigenvalue weighted by Crippen LogP contribution is -2.48. The van der Waals surface area contributed by atoms with Gasteiger partial charge in [-0.2, -0.15) is 0 Å². The number of esters is 1. The van der Waals surface area contributed by atoms with Crippen LogP contribution in [0.15, 0.2) is 0 Å². The minimum absolute atomic E-state index is 0.0382. The van der Waals surface area contributed by atoms with Crippen molar-refractivity contribution in [3.63, 3.8) is 0 Å². The molecule has 1 heterocycles. The van der Waals surface area contributed by atoms with Gasteiger partial charge >= 0.3 is 5.97 Å². The molecule has 0 aromatic rings. The van der Waals surface area contributed by atoms with Crippen molar-refractivity contribution in [2.24, 2.45) is 11.8 Å². The number of aliphatic hydroxyl groups is 2.